The molecule has 0 unspecified atom stereocenters. The van der Waals surface area contributed by atoms with Gasteiger partial charge >= 0.3 is 5.97 Å². The zero-order valence-electron chi connectivity index (χ0n) is 12.2. The average Bonchev–Trinajstić information content (AvgIpc) is 2.87. The Labute approximate surface area is 127 Å². The predicted octanol–water partition coefficient (Wildman–Crippen LogP) is 3.70. The third-order valence-electron chi connectivity index (χ3n) is 3.14. The fourth-order valence-corrected chi connectivity index (χ4v) is 2.72. The Bertz CT molecular complexity index is 659. The van der Waals surface area contributed by atoms with Gasteiger partial charge in [-0.25, -0.2) is 4.79 Å². The van der Waals surface area contributed by atoms with Crippen molar-refractivity contribution < 1.29 is 14.3 Å². The molecule has 0 saturated carbocycles. The van der Waals surface area contributed by atoms with E-state index in [9.17, 15) is 9.59 Å². The predicted molar refractivity (Wildman–Crippen MR) is 84.1 cm³/mol. The van der Waals surface area contributed by atoms with Crippen molar-refractivity contribution in [2.24, 2.45) is 0 Å². The van der Waals surface area contributed by atoms with Gasteiger partial charge in [0.15, 0.2) is 6.29 Å². The normalized spacial score (nSPS) is 10.4. The summed E-state index contributed by atoms with van der Waals surface area (Å²) in [6.45, 7) is 4.03. The van der Waals surface area contributed by atoms with Crippen LogP contribution in [0.25, 0.3) is 11.1 Å². The summed E-state index contributed by atoms with van der Waals surface area (Å²) >= 11 is 1.39. The minimum Gasteiger partial charge on any atom is -0.461 e. The third-order valence-corrected chi connectivity index (χ3v) is 3.87. The molecule has 0 saturated heterocycles. The lowest BCUT2D eigenvalue weighted by atomic mass is 10.0. The molecule has 110 valence electrons. The molecular weight excluding hydrogens is 286 g/mol. The number of esters is 1. The Hall–Kier alpha value is -2.01. The molecule has 21 heavy (non-hydrogen) atoms. The van der Waals surface area contributed by atoms with E-state index in [2.05, 4.69) is 4.98 Å². The maximum absolute atomic E-state index is 12.1. The molecule has 0 radical (unpaired) electrons. The minimum atomic E-state index is -0.448. The SMILES string of the molecule is CCOC(=O)c1[nH]c(SC)c(C=O)c1-c1ccc(C)cc1. The second kappa shape index (κ2) is 6.63. The highest BCUT2D eigenvalue weighted by Crippen LogP contribution is 2.33. The van der Waals surface area contributed by atoms with Crippen LogP contribution in [0.15, 0.2) is 29.3 Å². The topological polar surface area (TPSA) is 59.2 Å². The van der Waals surface area contributed by atoms with Gasteiger partial charge in [-0.1, -0.05) is 29.8 Å². The maximum Gasteiger partial charge on any atom is 0.355 e. The number of ether oxygens (including phenoxy) is 1. The van der Waals surface area contributed by atoms with Crippen molar-refractivity contribution in [3.05, 3.63) is 41.1 Å². The van der Waals surface area contributed by atoms with E-state index in [0.29, 0.717) is 21.8 Å². The number of carbonyl (C=O) groups is 2. The summed E-state index contributed by atoms with van der Waals surface area (Å²) in [5.41, 5.74) is 3.36. The van der Waals surface area contributed by atoms with Crippen molar-refractivity contribution in [1.29, 1.82) is 0 Å². The summed E-state index contributed by atoms with van der Waals surface area (Å²) in [7, 11) is 0. The number of benzene rings is 1. The van der Waals surface area contributed by atoms with Crippen LogP contribution in [0.5, 0.6) is 0 Å². The lowest BCUT2D eigenvalue weighted by Crippen LogP contribution is -2.06. The smallest absolute Gasteiger partial charge is 0.355 e. The number of thioether (sulfide) groups is 1. The highest BCUT2D eigenvalue weighted by Gasteiger charge is 2.23. The number of aldehydes is 1. The molecule has 4 nitrogen and oxygen atoms in total. The van der Waals surface area contributed by atoms with Crippen LogP contribution in [0.3, 0.4) is 0 Å². The van der Waals surface area contributed by atoms with Crippen LogP contribution in [0.1, 0.15) is 33.3 Å². The van der Waals surface area contributed by atoms with Gasteiger partial charge in [-0.3, -0.25) is 4.79 Å². The quantitative estimate of drug-likeness (QED) is 0.520. The average molecular weight is 303 g/mol. The van der Waals surface area contributed by atoms with Crippen LogP contribution in [0.2, 0.25) is 0 Å². The second-order valence-corrected chi connectivity index (χ2v) is 5.34. The number of hydrogen-bond donors (Lipinski definition) is 1. The molecule has 0 atom stereocenters. The number of H-pyrrole nitrogens is 1. The fourth-order valence-electron chi connectivity index (χ4n) is 2.14. The fraction of sp³-hybridized carbons (Fsp3) is 0.250. The van der Waals surface area contributed by atoms with E-state index in [-0.39, 0.29) is 6.61 Å². The summed E-state index contributed by atoms with van der Waals surface area (Å²) in [4.78, 5) is 26.6. The minimum absolute atomic E-state index is 0.288. The highest BCUT2D eigenvalue weighted by molar-refractivity contribution is 7.98. The third kappa shape index (κ3) is 3.03. The Morgan fingerprint density at radius 3 is 2.52 bits per heavy atom. The zero-order chi connectivity index (χ0) is 15.4. The largest absolute Gasteiger partial charge is 0.461 e. The molecule has 2 aromatic rings. The van der Waals surface area contributed by atoms with Gasteiger partial charge in [0, 0.05) is 5.56 Å². The number of aryl methyl sites for hydroxylation is 1. The molecule has 0 bridgehead atoms. The van der Waals surface area contributed by atoms with Gasteiger partial charge in [-0.15, -0.1) is 11.8 Å². The summed E-state index contributed by atoms with van der Waals surface area (Å²) in [6.07, 6.45) is 2.63. The van der Waals surface area contributed by atoms with E-state index in [0.717, 1.165) is 17.4 Å². The van der Waals surface area contributed by atoms with Crippen molar-refractivity contribution in [3.63, 3.8) is 0 Å². The number of aromatic amines is 1. The van der Waals surface area contributed by atoms with Crippen LogP contribution in [-0.2, 0) is 4.74 Å². The van der Waals surface area contributed by atoms with Crippen LogP contribution < -0.4 is 0 Å². The molecule has 2 rings (SSSR count). The van der Waals surface area contributed by atoms with Crippen LogP contribution in [0.4, 0.5) is 0 Å². The van der Waals surface area contributed by atoms with Gasteiger partial charge in [0.1, 0.15) is 5.69 Å². The molecule has 1 N–H and O–H groups in total. The van der Waals surface area contributed by atoms with Gasteiger partial charge < -0.3 is 9.72 Å². The van der Waals surface area contributed by atoms with E-state index in [1.807, 2.05) is 37.4 Å². The maximum atomic E-state index is 12.1. The lowest BCUT2D eigenvalue weighted by molar-refractivity contribution is 0.0520. The Morgan fingerprint density at radius 2 is 2.00 bits per heavy atom. The van der Waals surface area contributed by atoms with Crippen molar-refractivity contribution in [2.75, 3.05) is 12.9 Å². The molecule has 0 aliphatic rings. The first-order chi connectivity index (χ1) is 10.1. The summed E-state index contributed by atoms with van der Waals surface area (Å²) in [6, 6.07) is 7.70. The molecular formula is C16H17NO3S. The van der Waals surface area contributed by atoms with Crippen LogP contribution >= 0.6 is 11.8 Å². The number of hydrogen-bond acceptors (Lipinski definition) is 4. The molecule has 0 amide bonds. The van der Waals surface area contributed by atoms with Gasteiger partial charge in [0.2, 0.25) is 0 Å². The second-order valence-electron chi connectivity index (χ2n) is 4.53. The molecule has 1 aromatic heterocycles. The summed E-state index contributed by atoms with van der Waals surface area (Å²) in [5.74, 6) is -0.448. The monoisotopic (exact) mass is 303 g/mol. The van der Waals surface area contributed by atoms with Gasteiger partial charge in [-0.05, 0) is 25.7 Å². The van der Waals surface area contributed by atoms with Gasteiger partial charge in [-0.2, -0.15) is 0 Å². The highest BCUT2D eigenvalue weighted by atomic mass is 32.2. The van der Waals surface area contributed by atoms with Gasteiger partial charge in [0.05, 0.1) is 17.2 Å². The molecule has 0 fully saturated rings. The summed E-state index contributed by atoms with van der Waals surface area (Å²) < 4.78 is 5.08. The Balaban J connectivity index is 2.65. The van der Waals surface area contributed by atoms with E-state index in [1.165, 1.54) is 11.8 Å². The number of rotatable bonds is 5. The van der Waals surface area contributed by atoms with Crippen molar-refractivity contribution in [3.8, 4) is 11.1 Å². The van der Waals surface area contributed by atoms with Gasteiger partial charge in [0.25, 0.3) is 0 Å². The zero-order valence-corrected chi connectivity index (χ0v) is 13.0. The van der Waals surface area contributed by atoms with Crippen LogP contribution in [-0.4, -0.2) is 30.1 Å². The molecule has 0 aliphatic heterocycles. The van der Waals surface area contributed by atoms with E-state index in [4.69, 9.17) is 4.74 Å². The Kier molecular flexibility index (Phi) is 4.85. The number of nitrogens with one attached hydrogen (secondary N) is 1. The van der Waals surface area contributed by atoms with E-state index < -0.39 is 5.97 Å². The van der Waals surface area contributed by atoms with Crippen LogP contribution in [0, 0.1) is 6.92 Å². The van der Waals surface area contributed by atoms with E-state index in [1.54, 1.807) is 6.92 Å². The van der Waals surface area contributed by atoms with Crippen molar-refractivity contribution in [1.82, 2.24) is 4.98 Å². The standard InChI is InChI=1S/C16H17NO3S/c1-4-20-16(19)14-13(11-7-5-10(2)6-8-11)12(9-18)15(17-14)21-3/h5-9,17H,4H2,1-3H3. The lowest BCUT2D eigenvalue weighted by Gasteiger charge is -2.05. The number of aromatic nitrogens is 1. The Morgan fingerprint density at radius 1 is 1.33 bits per heavy atom. The molecule has 5 heteroatoms. The van der Waals surface area contributed by atoms with Crippen molar-refractivity contribution in [2.45, 2.75) is 18.9 Å². The molecule has 1 heterocycles. The molecule has 1 aromatic carbocycles. The summed E-state index contributed by atoms with van der Waals surface area (Å²) in [5, 5.41) is 0.670. The van der Waals surface area contributed by atoms with E-state index >= 15 is 0 Å². The number of carbonyl (C=O) groups excluding carboxylic acids is 2. The molecule has 0 aliphatic carbocycles. The first kappa shape index (κ1) is 15.4. The van der Waals surface area contributed by atoms with Crippen molar-refractivity contribution >= 4 is 24.0 Å². The first-order valence-electron chi connectivity index (χ1n) is 6.61. The molecule has 0 spiro atoms. The first-order valence-corrected chi connectivity index (χ1v) is 7.84.